The van der Waals surface area contributed by atoms with E-state index >= 15 is 0 Å². The first-order valence-electron chi connectivity index (χ1n) is 3.90. The Balaban J connectivity index is 2.32. The minimum absolute atomic E-state index is 0.613. The summed E-state index contributed by atoms with van der Waals surface area (Å²) < 4.78 is 0. The third-order valence-electron chi connectivity index (χ3n) is 1.95. The molecule has 4 heteroatoms. The molecule has 1 saturated carbocycles. The summed E-state index contributed by atoms with van der Waals surface area (Å²) in [7, 11) is 0. The van der Waals surface area contributed by atoms with Crippen LogP contribution in [0, 0.1) is 0 Å². The Hall–Kier alpha value is -1.54. The summed E-state index contributed by atoms with van der Waals surface area (Å²) in [5.74, 6) is 0.659. The van der Waals surface area contributed by atoms with Crippen molar-refractivity contribution in [3.8, 4) is 0 Å². The predicted octanol–water partition coefficient (Wildman–Crippen LogP) is 2.90. The number of aromatic nitrogens is 1. The molecule has 1 aliphatic carbocycles. The van der Waals surface area contributed by atoms with Crippen LogP contribution in [0.3, 0.4) is 0 Å². The van der Waals surface area contributed by atoms with Crippen LogP contribution >= 0.6 is 0 Å². The second-order valence-electron chi connectivity index (χ2n) is 2.94. The molecule has 0 unspecified atom stereocenters. The maximum Gasteiger partial charge on any atom is 0.0561 e. The van der Waals surface area contributed by atoms with Crippen LogP contribution in [0.5, 0.6) is 0 Å². The van der Waals surface area contributed by atoms with Gasteiger partial charge in [0.2, 0.25) is 0 Å². The lowest BCUT2D eigenvalue weighted by atomic mass is 10.2. The van der Waals surface area contributed by atoms with E-state index in [1.165, 1.54) is 18.4 Å². The van der Waals surface area contributed by atoms with Gasteiger partial charge in [0.05, 0.1) is 5.69 Å². The van der Waals surface area contributed by atoms with Gasteiger partial charge in [-0.25, -0.2) is 0 Å². The minimum Gasteiger partial charge on any atom is -0.264 e. The number of azide groups is 1. The van der Waals surface area contributed by atoms with Crippen molar-refractivity contribution in [1.82, 2.24) is 4.98 Å². The first-order valence-corrected chi connectivity index (χ1v) is 3.90. The van der Waals surface area contributed by atoms with Gasteiger partial charge >= 0.3 is 0 Å². The van der Waals surface area contributed by atoms with E-state index in [1.807, 2.05) is 12.3 Å². The number of hydrogen-bond donors (Lipinski definition) is 0. The lowest BCUT2D eigenvalue weighted by molar-refractivity contribution is 1.09. The predicted molar refractivity (Wildman–Crippen MR) is 45.0 cm³/mol. The average Bonchev–Trinajstić information content (AvgIpc) is 2.88. The molecule has 0 aliphatic heterocycles. The van der Waals surface area contributed by atoms with Gasteiger partial charge in [-0.2, -0.15) is 0 Å². The first-order chi connectivity index (χ1) is 5.90. The van der Waals surface area contributed by atoms with Crippen molar-refractivity contribution < 1.29 is 0 Å². The summed E-state index contributed by atoms with van der Waals surface area (Å²) in [6.07, 6.45) is 5.89. The molecule has 0 aromatic carbocycles. The first kappa shape index (κ1) is 7.13. The van der Waals surface area contributed by atoms with Crippen LogP contribution in [-0.2, 0) is 0 Å². The second kappa shape index (κ2) is 2.83. The van der Waals surface area contributed by atoms with Crippen molar-refractivity contribution in [3.63, 3.8) is 0 Å². The van der Waals surface area contributed by atoms with Crippen LogP contribution in [0.4, 0.5) is 5.69 Å². The zero-order chi connectivity index (χ0) is 8.39. The largest absolute Gasteiger partial charge is 0.264 e. The quantitative estimate of drug-likeness (QED) is 0.372. The van der Waals surface area contributed by atoms with Crippen LogP contribution < -0.4 is 0 Å². The Labute approximate surface area is 69.9 Å². The van der Waals surface area contributed by atoms with E-state index in [0.29, 0.717) is 11.6 Å². The Kier molecular flexibility index (Phi) is 1.68. The molecule has 0 radical (unpaired) electrons. The van der Waals surface area contributed by atoms with Crippen LogP contribution in [-0.4, -0.2) is 4.98 Å². The summed E-state index contributed by atoms with van der Waals surface area (Å²) in [5.41, 5.74) is 10.0. The zero-order valence-corrected chi connectivity index (χ0v) is 6.51. The summed E-state index contributed by atoms with van der Waals surface area (Å²) >= 11 is 0. The van der Waals surface area contributed by atoms with E-state index in [2.05, 4.69) is 15.0 Å². The van der Waals surface area contributed by atoms with Crippen LogP contribution in [0.1, 0.15) is 24.3 Å². The SMILES string of the molecule is [N-]=[N+]=Nc1cncc(C2CC2)c1. The highest BCUT2D eigenvalue weighted by Gasteiger charge is 2.23. The normalized spacial score (nSPS) is 15.3. The Morgan fingerprint density at radius 1 is 1.50 bits per heavy atom. The van der Waals surface area contributed by atoms with Gasteiger partial charge in [-0.3, -0.25) is 4.98 Å². The molecule has 1 aromatic rings. The smallest absolute Gasteiger partial charge is 0.0561 e. The number of hydrogen-bond acceptors (Lipinski definition) is 2. The van der Waals surface area contributed by atoms with Crippen LogP contribution in [0.2, 0.25) is 0 Å². The van der Waals surface area contributed by atoms with E-state index in [1.54, 1.807) is 6.20 Å². The van der Waals surface area contributed by atoms with Crippen molar-refractivity contribution in [3.05, 3.63) is 34.5 Å². The second-order valence-corrected chi connectivity index (χ2v) is 2.94. The molecule has 4 nitrogen and oxygen atoms in total. The van der Waals surface area contributed by atoms with Crippen molar-refractivity contribution >= 4 is 5.69 Å². The molecule has 0 saturated heterocycles. The third-order valence-corrected chi connectivity index (χ3v) is 1.95. The van der Waals surface area contributed by atoms with E-state index in [4.69, 9.17) is 5.53 Å². The van der Waals surface area contributed by atoms with Gasteiger partial charge in [-0.05, 0) is 35.9 Å². The van der Waals surface area contributed by atoms with Gasteiger partial charge in [0.1, 0.15) is 0 Å². The highest BCUT2D eigenvalue weighted by atomic mass is 15.1. The minimum atomic E-state index is 0.613. The fourth-order valence-corrected chi connectivity index (χ4v) is 1.19. The van der Waals surface area contributed by atoms with Gasteiger partial charge in [0, 0.05) is 17.3 Å². The van der Waals surface area contributed by atoms with Crippen molar-refractivity contribution in [1.29, 1.82) is 0 Å². The molecule has 0 spiro atoms. The fraction of sp³-hybridized carbons (Fsp3) is 0.375. The molecule has 0 N–H and O–H groups in total. The average molecular weight is 160 g/mol. The standard InChI is InChI=1S/C8H8N4/c9-12-11-8-3-7(4-10-5-8)6-1-2-6/h3-6H,1-2H2. The van der Waals surface area contributed by atoms with Gasteiger partial charge in [-0.15, -0.1) is 0 Å². The van der Waals surface area contributed by atoms with Gasteiger partial charge in [0.15, 0.2) is 0 Å². The number of nitrogens with zero attached hydrogens (tertiary/aromatic N) is 4. The summed E-state index contributed by atoms with van der Waals surface area (Å²) in [4.78, 5) is 6.71. The highest BCUT2D eigenvalue weighted by Crippen LogP contribution is 2.40. The molecule has 0 atom stereocenters. The molecule has 12 heavy (non-hydrogen) atoms. The molecule has 1 aliphatic rings. The molecule has 1 fully saturated rings. The molecular weight excluding hydrogens is 152 g/mol. The number of rotatable bonds is 2. The van der Waals surface area contributed by atoms with Crippen LogP contribution in [0.15, 0.2) is 23.6 Å². The maximum absolute atomic E-state index is 8.20. The lowest BCUT2D eigenvalue weighted by Gasteiger charge is -1.96. The van der Waals surface area contributed by atoms with Crippen molar-refractivity contribution in [2.75, 3.05) is 0 Å². The molecule has 60 valence electrons. The molecule has 0 amide bonds. The fourth-order valence-electron chi connectivity index (χ4n) is 1.19. The molecule has 2 rings (SSSR count). The third kappa shape index (κ3) is 1.38. The highest BCUT2D eigenvalue weighted by molar-refractivity contribution is 5.38. The molecular formula is C8H8N4. The molecule has 1 aromatic heterocycles. The van der Waals surface area contributed by atoms with E-state index in [-0.39, 0.29) is 0 Å². The lowest BCUT2D eigenvalue weighted by Crippen LogP contribution is -1.79. The summed E-state index contributed by atoms with van der Waals surface area (Å²) in [6, 6.07) is 1.91. The van der Waals surface area contributed by atoms with Crippen molar-refractivity contribution in [2.24, 2.45) is 5.11 Å². The summed E-state index contributed by atoms with van der Waals surface area (Å²) in [5, 5.41) is 3.50. The van der Waals surface area contributed by atoms with Gasteiger partial charge in [-0.1, -0.05) is 5.11 Å². The topological polar surface area (TPSA) is 61.7 Å². The van der Waals surface area contributed by atoms with Crippen molar-refractivity contribution in [2.45, 2.75) is 18.8 Å². The van der Waals surface area contributed by atoms with E-state index in [0.717, 1.165) is 0 Å². The monoisotopic (exact) mass is 160 g/mol. The Morgan fingerprint density at radius 3 is 3.00 bits per heavy atom. The summed E-state index contributed by atoms with van der Waals surface area (Å²) in [6.45, 7) is 0. The van der Waals surface area contributed by atoms with Crippen LogP contribution in [0.25, 0.3) is 10.4 Å². The Bertz CT molecular complexity index is 337. The molecule has 1 heterocycles. The van der Waals surface area contributed by atoms with Gasteiger partial charge in [0.25, 0.3) is 0 Å². The number of pyridine rings is 1. The van der Waals surface area contributed by atoms with Gasteiger partial charge < -0.3 is 0 Å². The Morgan fingerprint density at radius 2 is 2.33 bits per heavy atom. The molecule has 0 bridgehead atoms. The maximum atomic E-state index is 8.20. The zero-order valence-electron chi connectivity index (χ0n) is 6.51. The van der Waals surface area contributed by atoms with E-state index in [9.17, 15) is 0 Å². The van der Waals surface area contributed by atoms with E-state index < -0.39 is 0 Å².